The average molecular weight is 440 g/mol. The van der Waals surface area contributed by atoms with Crippen LogP contribution in [0, 0.1) is 11.8 Å². The zero-order chi connectivity index (χ0) is 22.6. The molecule has 0 saturated carbocycles. The number of anilines is 1. The zero-order valence-corrected chi connectivity index (χ0v) is 16.2. The molecule has 10 heteroatoms. The van der Waals surface area contributed by atoms with Gasteiger partial charge in [0.05, 0.1) is 29.8 Å². The fourth-order valence-electron chi connectivity index (χ4n) is 3.27. The van der Waals surface area contributed by atoms with E-state index in [9.17, 15) is 32.3 Å². The van der Waals surface area contributed by atoms with Gasteiger partial charge >= 0.3 is 6.18 Å². The molecule has 1 amide bonds. The molecular weight excluding hydrogens is 420 g/mol. The third-order valence-corrected chi connectivity index (χ3v) is 4.89. The van der Waals surface area contributed by atoms with E-state index in [-0.39, 0.29) is 43.1 Å². The maximum Gasteiger partial charge on any atom is 0.416 e. The van der Waals surface area contributed by atoms with Gasteiger partial charge in [-0.05, 0) is 37.1 Å². The van der Waals surface area contributed by atoms with Crippen LogP contribution in [0.25, 0.3) is 0 Å². The Morgan fingerprint density at radius 3 is 2.81 bits per heavy atom. The number of aromatic nitrogens is 1. The largest absolute Gasteiger partial charge is 0.512 e. The summed E-state index contributed by atoms with van der Waals surface area (Å²) in [5.41, 5.74) is -1.23. The molecule has 0 radical (unpaired) electrons. The predicted molar refractivity (Wildman–Crippen MR) is 105 cm³/mol. The van der Waals surface area contributed by atoms with Gasteiger partial charge in [0.1, 0.15) is 11.6 Å². The first-order valence-corrected chi connectivity index (χ1v) is 9.50. The van der Waals surface area contributed by atoms with Crippen molar-refractivity contribution in [1.29, 1.82) is 0 Å². The van der Waals surface area contributed by atoms with Crippen LogP contribution >= 0.6 is 0 Å². The van der Waals surface area contributed by atoms with Gasteiger partial charge in [-0.15, -0.1) is 0 Å². The van der Waals surface area contributed by atoms with Gasteiger partial charge in [0, 0.05) is 24.4 Å². The third kappa shape index (κ3) is 5.87. The van der Waals surface area contributed by atoms with E-state index in [2.05, 4.69) is 10.3 Å². The van der Waals surface area contributed by atoms with Gasteiger partial charge in [0.25, 0.3) is 0 Å². The second kappa shape index (κ2) is 9.23. The molecule has 0 aromatic carbocycles. The predicted octanol–water partition coefficient (Wildman–Crippen LogP) is 4.43. The topological polar surface area (TPSA) is 91.4 Å². The summed E-state index contributed by atoms with van der Waals surface area (Å²) < 4.78 is 59.0. The minimum Gasteiger partial charge on any atom is -0.512 e. The lowest BCUT2D eigenvalue weighted by molar-refractivity contribution is -0.120. The molecule has 0 fully saturated rings. The zero-order valence-electron chi connectivity index (χ0n) is 16.2. The number of pyridine rings is 1. The van der Waals surface area contributed by atoms with E-state index in [1.165, 1.54) is 12.3 Å². The Morgan fingerprint density at radius 1 is 1.32 bits per heavy atom. The van der Waals surface area contributed by atoms with Crippen LogP contribution in [0.4, 0.5) is 23.2 Å². The van der Waals surface area contributed by atoms with Gasteiger partial charge in [-0.3, -0.25) is 9.59 Å². The summed E-state index contributed by atoms with van der Waals surface area (Å²) in [7, 11) is 0. The first kappa shape index (κ1) is 22.4. The van der Waals surface area contributed by atoms with Crippen molar-refractivity contribution < 1.29 is 32.2 Å². The first-order chi connectivity index (χ1) is 14.6. The summed E-state index contributed by atoms with van der Waals surface area (Å²) >= 11 is 0. The van der Waals surface area contributed by atoms with Gasteiger partial charge in [-0.1, -0.05) is 6.08 Å². The van der Waals surface area contributed by atoms with E-state index in [4.69, 9.17) is 4.74 Å². The number of nitrogens with one attached hydrogen (secondary N) is 2. The number of amides is 1. The van der Waals surface area contributed by atoms with Crippen molar-refractivity contribution in [2.24, 2.45) is 11.8 Å². The number of aromatic amines is 1. The normalized spacial score (nSPS) is 21.8. The molecule has 2 aliphatic carbocycles. The van der Waals surface area contributed by atoms with Crippen molar-refractivity contribution >= 4 is 11.6 Å². The molecule has 0 spiro atoms. The summed E-state index contributed by atoms with van der Waals surface area (Å²) in [5.74, 6) is -3.42. The molecule has 3 N–H and O–H groups in total. The molecule has 6 nitrogen and oxygen atoms in total. The average Bonchev–Trinajstić information content (AvgIpc) is 2.91. The Bertz CT molecular complexity index is 1020. The molecule has 2 unspecified atom stereocenters. The number of halogens is 4. The minimum absolute atomic E-state index is 0.0290. The highest BCUT2D eigenvalue weighted by Crippen LogP contribution is 2.35. The van der Waals surface area contributed by atoms with E-state index in [1.807, 2.05) is 0 Å². The summed E-state index contributed by atoms with van der Waals surface area (Å²) in [6, 6.07) is 2.57. The molecule has 0 aliphatic heterocycles. The number of ether oxygens (including phenoxy) is 1. The fourth-order valence-corrected chi connectivity index (χ4v) is 3.27. The smallest absolute Gasteiger partial charge is 0.416 e. The maximum absolute atomic E-state index is 13.5. The van der Waals surface area contributed by atoms with Crippen molar-refractivity contribution in [1.82, 2.24) is 4.98 Å². The second-order valence-electron chi connectivity index (χ2n) is 7.18. The van der Waals surface area contributed by atoms with Crippen LogP contribution in [0.3, 0.4) is 0 Å². The highest BCUT2D eigenvalue weighted by Gasteiger charge is 2.36. The van der Waals surface area contributed by atoms with Gasteiger partial charge in [0.2, 0.25) is 11.5 Å². The molecule has 166 valence electrons. The number of carbonyl (C=O) groups is 1. The number of rotatable bonds is 5. The summed E-state index contributed by atoms with van der Waals surface area (Å²) in [6.07, 6.45) is 0.497. The molecule has 0 saturated heterocycles. The van der Waals surface area contributed by atoms with Crippen molar-refractivity contribution in [3.05, 3.63) is 75.9 Å². The molecule has 1 aromatic rings. The summed E-state index contributed by atoms with van der Waals surface area (Å²) in [4.78, 5) is 26.6. The maximum atomic E-state index is 13.5. The first-order valence-electron chi connectivity index (χ1n) is 9.50. The molecule has 1 heterocycles. The van der Waals surface area contributed by atoms with Crippen LogP contribution < -0.4 is 10.9 Å². The number of aliphatic hydroxyl groups is 1. The quantitative estimate of drug-likeness (QED) is 0.591. The number of aliphatic hydroxyl groups excluding tert-OH is 1. The van der Waals surface area contributed by atoms with Gasteiger partial charge in [0.15, 0.2) is 0 Å². The standard InChI is InChI=1S/C21H20F4N2O4/c22-14-4-5-17(28)12(8-14)11-31-18-9-13(21(23,24)25)2-1-3-16(18)20(30)27-15-6-7-26-19(29)10-15/h2,4-7,9-10,12,16,28H,1,3,8,11H2,(H2,26,27,29,30). The van der Waals surface area contributed by atoms with Crippen LogP contribution in [0.2, 0.25) is 0 Å². The van der Waals surface area contributed by atoms with Crippen LogP contribution in [0.1, 0.15) is 19.3 Å². The third-order valence-electron chi connectivity index (χ3n) is 4.89. The minimum atomic E-state index is -4.64. The van der Waals surface area contributed by atoms with Crippen molar-refractivity contribution in [3.63, 3.8) is 0 Å². The lowest BCUT2D eigenvalue weighted by atomic mass is 9.98. The lowest BCUT2D eigenvalue weighted by Crippen LogP contribution is -2.27. The Hall–Kier alpha value is -3.30. The molecule has 3 rings (SSSR count). The molecule has 31 heavy (non-hydrogen) atoms. The Labute approximate surface area is 174 Å². The van der Waals surface area contributed by atoms with Crippen molar-refractivity contribution in [2.75, 3.05) is 11.9 Å². The number of hydrogen-bond donors (Lipinski definition) is 3. The molecule has 2 atom stereocenters. The summed E-state index contributed by atoms with van der Waals surface area (Å²) in [6.45, 7) is -0.310. The summed E-state index contributed by atoms with van der Waals surface area (Å²) in [5, 5.41) is 12.4. The number of carbonyl (C=O) groups excluding carboxylic acids is 1. The Kier molecular flexibility index (Phi) is 6.67. The van der Waals surface area contributed by atoms with Crippen LogP contribution in [0.15, 0.2) is 70.3 Å². The lowest BCUT2D eigenvalue weighted by Gasteiger charge is -2.23. The van der Waals surface area contributed by atoms with Crippen LogP contribution in [-0.2, 0) is 9.53 Å². The van der Waals surface area contributed by atoms with E-state index >= 15 is 0 Å². The number of allylic oxidation sites excluding steroid dienone is 6. The molecule has 0 bridgehead atoms. The Morgan fingerprint density at radius 2 is 2.10 bits per heavy atom. The SMILES string of the molecule is O=C(Nc1cc[nH]c(=O)c1)C1CCC=C(C(F)(F)F)C=C1OCC1CC(F)=CC=C1O. The van der Waals surface area contributed by atoms with E-state index < -0.39 is 40.9 Å². The Balaban J connectivity index is 1.82. The van der Waals surface area contributed by atoms with Gasteiger partial charge in [-0.2, -0.15) is 13.2 Å². The van der Waals surface area contributed by atoms with Gasteiger partial charge < -0.3 is 20.1 Å². The number of hydrogen-bond acceptors (Lipinski definition) is 4. The molecule has 2 aliphatic rings. The highest BCUT2D eigenvalue weighted by atomic mass is 19.4. The van der Waals surface area contributed by atoms with Gasteiger partial charge in [-0.25, -0.2) is 4.39 Å². The molecule has 1 aromatic heterocycles. The second-order valence-corrected chi connectivity index (χ2v) is 7.18. The van der Waals surface area contributed by atoms with Crippen molar-refractivity contribution in [2.45, 2.75) is 25.4 Å². The van der Waals surface area contributed by atoms with Crippen LogP contribution in [0.5, 0.6) is 0 Å². The van der Waals surface area contributed by atoms with E-state index in [0.717, 1.165) is 30.4 Å². The number of H-pyrrole nitrogens is 1. The highest BCUT2D eigenvalue weighted by molar-refractivity contribution is 5.94. The fraction of sp³-hybridized carbons (Fsp3) is 0.333. The van der Waals surface area contributed by atoms with E-state index in [0.29, 0.717) is 0 Å². The monoisotopic (exact) mass is 440 g/mol. The van der Waals surface area contributed by atoms with E-state index in [1.54, 1.807) is 0 Å². The number of alkyl halides is 3. The molecular formula is C21H20F4N2O4. The van der Waals surface area contributed by atoms with Crippen LogP contribution in [-0.4, -0.2) is 28.8 Å². The van der Waals surface area contributed by atoms with Crippen molar-refractivity contribution in [3.8, 4) is 0 Å².